The summed E-state index contributed by atoms with van der Waals surface area (Å²) in [5.74, 6) is 0.0433. The van der Waals surface area contributed by atoms with Gasteiger partial charge in [-0.25, -0.2) is 8.42 Å². The van der Waals surface area contributed by atoms with E-state index in [4.69, 9.17) is 9.47 Å². The smallest absolute Gasteiger partial charge is 0.223 e. The molecule has 1 aliphatic heterocycles. The Kier molecular flexibility index (Phi) is 7.39. The second-order valence-electron chi connectivity index (χ2n) is 6.14. The lowest BCUT2D eigenvalue weighted by Crippen LogP contribution is -2.42. The second kappa shape index (κ2) is 9.31. The summed E-state index contributed by atoms with van der Waals surface area (Å²) in [6.07, 6.45) is -1.00. The Balaban J connectivity index is 1.86. The van der Waals surface area contributed by atoms with Crippen molar-refractivity contribution >= 4 is 15.9 Å². The lowest BCUT2D eigenvalue weighted by Gasteiger charge is -2.26. The van der Waals surface area contributed by atoms with Crippen molar-refractivity contribution in [1.29, 1.82) is 0 Å². The Morgan fingerprint density at radius 2 is 2.08 bits per heavy atom. The Morgan fingerprint density at radius 1 is 1.38 bits per heavy atom. The van der Waals surface area contributed by atoms with Crippen LogP contribution < -0.4 is 4.74 Å². The number of hydrogen-bond acceptors (Lipinski definition) is 6. The fourth-order valence-corrected chi connectivity index (χ4v) is 4.07. The summed E-state index contributed by atoms with van der Waals surface area (Å²) in [6.45, 7) is 1.46. The van der Waals surface area contributed by atoms with Crippen LogP contribution >= 0.6 is 0 Å². The van der Waals surface area contributed by atoms with Crippen LogP contribution in [-0.4, -0.2) is 81.4 Å². The van der Waals surface area contributed by atoms with Crippen molar-refractivity contribution in [3.05, 3.63) is 29.8 Å². The number of methoxy groups -OCH3 is 1. The van der Waals surface area contributed by atoms with Crippen molar-refractivity contribution in [2.45, 2.75) is 12.5 Å². The first-order valence-electron chi connectivity index (χ1n) is 8.45. The highest BCUT2D eigenvalue weighted by atomic mass is 32.2. The van der Waals surface area contributed by atoms with Gasteiger partial charge in [-0.2, -0.15) is 4.31 Å². The molecule has 1 aromatic carbocycles. The van der Waals surface area contributed by atoms with Crippen LogP contribution in [0.1, 0.15) is 18.1 Å². The minimum atomic E-state index is -3.47. The van der Waals surface area contributed by atoms with Gasteiger partial charge in [0.1, 0.15) is 5.75 Å². The van der Waals surface area contributed by atoms with Crippen molar-refractivity contribution in [2.75, 3.05) is 52.8 Å². The number of sulfonamides is 1. The SMILES string of the molecule is COc1cccc(C(O)CN(C)C(=O)CCS(=O)(=O)N2CCOCC2)c1. The van der Waals surface area contributed by atoms with Crippen LogP contribution in [0.5, 0.6) is 5.75 Å². The van der Waals surface area contributed by atoms with Crippen LogP contribution in [0.2, 0.25) is 0 Å². The van der Waals surface area contributed by atoms with Gasteiger partial charge in [0.05, 0.1) is 38.7 Å². The van der Waals surface area contributed by atoms with Crippen LogP contribution in [0, 0.1) is 0 Å². The molecule has 0 saturated carbocycles. The third kappa shape index (κ3) is 5.66. The van der Waals surface area contributed by atoms with E-state index < -0.39 is 16.1 Å². The number of nitrogens with zero attached hydrogens (tertiary/aromatic N) is 2. The van der Waals surface area contributed by atoms with Gasteiger partial charge < -0.3 is 19.5 Å². The first-order chi connectivity index (χ1) is 12.3. The predicted octanol–water partition coefficient (Wildman–Crippen LogP) is 0.239. The summed E-state index contributed by atoms with van der Waals surface area (Å²) >= 11 is 0. The van der Waals surface area contributed by atoms with Gasteiger partial charge in [0.15, 0.2) is 0 Å². The molecule has 0 bridgehead atoms. The number of carbonyl (C=O) groups is 1. The molecule has 146 valence electrons. The molecule has 1 N–H and O–H groups in total. The molecular formula is C17H26N2O6S. The van der Waals surface area contributed by atoms with Gasteiger partial charge in [0.2, 0.25) is 15.9 Å². The van der Waals surface area contributed by atoms with Gasteiger partial charge >= 0.3 is 0 Å². The molecule has 1 saturated heterocycles. The van der Waals surface area contributed by atoms with E-state index in [0.717, 1.165) is 0 Å². The van der Waals surface area contributed by atoms with Gasteiger partial charge in [-0.05, 0) is 17.7 Å². The largest absolute Gasteiger partial charge is 0.497 e. The number of aliphatic hydroxyl groups excluding tert-OH is 1. The zero-order valence-corrected chi connectivity index (χ0v) is 15.9. The molecule has 0 aliphatic carbocycles. The first-order valence-corrected chi connectivity index (χ1v) is 10.1. The first kappa shape index (κ1) is 20.6. The van der Waals surface area contributed by atoms with E-state index in [1.165, 1.54) is 16.3 Å². The number of amides is 1. The van der Waals surface area contributed by atoms with Crippen LogP contribution in [-0.2, 0) is 19.6 Å². The summed E-state index contributed by atoms with van der Waals surface area (Å²) in [6, 6.07) is 6.97. The van der Waals surface area contributed by atoms with Gasteiger partial charge in [0, 0.05) is 26.6 Å². The van der Waals surface area contributed by atoms with E-state index >= 15 is 0 Å². The number of benzene rings is 1. The van der Waals surface area contributed by atoms with Gasteiger partial charge in [-0.15, -0.1) is 0 Å². The van der Waals surface area contributed by atoms with Crippen LogP contribution in [0.25, 0.3) is 0 Å². The molecule has 26 heavy (non-hydrogen) atoms. The highest BCUT2D eigenvalue weighted by Crippen LogP contribution is 2.20. The monoisotopic (exact) mass is 386 g/mol. The molecule has 9 heteroatoms. The molecule has 1 amide bonds. The van der Waals surface area contributed by atoms with Crippen molar-refractivity contribution in [3.63, 3.8) is 0 Å². The molecule has 1 atom stereocenters. The highest BCUT2D eigenvalue weighted by molar-refractivity contribution is 7.89. The molecule has 1 fully saturated rings. The molecule has 1 aromatic rings. The molecule has 1 aliphatic rings. The van der Waals surface area contributed by atoms with Crippen LogP contribution in [0.15, 0.2) is 24.3 Å². The van der Waals surface area contributed by atoms with Crippen molar-refractivity contribution in [2.24, 2.45) is 0 Å². The van der Waals surface area contributed by atoms with Crippen molar-refractivity contribution in [1.82, 2.24) is 9.21 Å². The summed E-state index contributed by atoms with van der Waals surface area (Å²) in [5, 5.41) is 10.3. The van der Waals surface area contributed by atoms with Crippen molar-refractivity contribution < 1.29 is 27.8 Å². The maximum atomic E-state index is 12.3. The highest BCUT2D eigenvalue weighted by Gasteiger charge is 2.26. The van der Waals surface area contributed by atoms with Crippen molar-refractivity contribution in [3.8, 4) is 5.75 Å². The summed E-state index contributed by atoms with van der Waals surface area (Å²) in [5.41, 5.74) is 0.630. The number of hydrogen-bond donors (Lipinski definition) is 1. The lowest BCUT2D eigenvalue weighted by molar-refractivity contribution is -0.130. The number of likely N-dealkylation sites (N-methyl/N-ethyl adjacent to an activating group) is 1. The van der Waals surface area contributed by atoms with Crippen LogP contribution in [0.3, 0.4) is 0 Å². The fraction of sp³-hybridized carbons (Fsp3) is 0.588. The Morgan fingerprint density at radius 3 is 2.73 bits per heavy atom. The molecular weight excluding hydrogens is 360 g/mol. The quantitative estimate of drug-likeness (QED) is 0.688. The molecule has 0 spiro atoms. The van der Waals surface area contributed by atoms with E-state index in [9.17, 15) is 18.3 Å². The molecule has 0 aromatic heterocycles. The lowest BCUT2D eigenvalue weighted by atomic mass is 10.1. The van der Waals surface area contributed by atoms with E-state index in [2.05, 4.69) is 0 Å². The third-order valence-corrected chi connectivity index (χ3v) is 6.16. The summed E-state index contributed by atoms with van der Waals surface area (Å²) in [7, 11) is -0.388. The van der Waals surface area contributed by atoms with E-state index in [1.54, 1.807) is 31.3 Å². The number of aliphatic hydroxyl groups is 1. The predicted molar refractivity (Wildman–Crippen MR) is 96.4 cm³/mol. The van der Waals surface area contributed by atoms with Gasteiger partial charge in [-0.1, -0.05) is 12.1 Å². The van der Waals surface area contributed by atoms with E-state index in [1.807, 2.05) is 0 Å². The standard InChI is InChI=1S/C17H26N2O6S/c1-18(13-16(20)14-4-3-5-15(12-14)24-2)17(21)6-11-26(22,23)19-7-9-25-10-8-19/h3-5,12,16,20H,6-11,13H2,1-2H3. The normalized spacial score (nSPS) is 16.9. The van der Waals surface area contributed by atoms with Gasteiger partial charge in [0.25, 0.3) is 0 Å². The molecule has 1 heterocycles. The summed E-state index contributed by atoms with van der Waals surface area (Å²) < 4.78 is 36.1. The Hall–Kier alpha value is -1.68. The Bertz CT molecular complexity index is 703. The fourth-order valence-electron chi connectivity index (χ4n) is 2.68. The molecule has 8 nitrogen and oxygen atoms in total. The maximum Gasteiger partial charge on any atom is 0.223 e. The molecule has 0 radical (unpaired) electrons. The Labute approximate surface area is 154 Å². The number of carbonyl (C=O) groups excluding carboxylic acids is 1. The van der Waals surface area contributed by atoms with E-state index in [-0.39, 0.29) is 24.6 Å². The number of ether oxygens (including phenoxy) is 2. The van der Waals surface area contributed by atoms with Crippen LogP contribution in [0.4, 0.5) is 0 Å². The minimum absolute atomic E-state index is 0.0730. The molecule has 1 unspecified atom stereocenters. The second-order valence-corrected chi connectivity index (χ2v) is 8.23. The number of rotatable bonds is 8. The topological polar surface area (TPSA) is 96.4 Å². The maximum absolute atomic E-state index is 12.3. The van der Waals surface area contributed by atoms with E-state index in [0.29, 0.717) is 37.6 Å². The third-order valence-electron chi connectivity index (χ3n) is 4.29. The summed E-state index contributed by atoms with van der Waals surface area (Å²) in [4.78, 5) is 13.6. The zero-order chi connectivity index (χ0) is 19.2. The average molecular weight is 386 g/mol. The molecule has 2 rings (SSSR count). The van der Waals surface area contributed by atoms with Gasteiger partial charge in [-0.3, -0.25) is 4.79 Å². The average Bonchev–Trinajstić information content (AvgIpc) is 2.66. The number of morpholine rings is 1. The zero-order valence-electron chi connectivity index (χ0n) is 15.1. The minimum Gasteiger partial charge on any atom is -0.497 e.